The van der Waals surface area contributed by atoms with Crippen LogP contribution in [0.4, 0.5) is 20.2 Å². The van der Waals surface area contributed by atoms with Gasteiger partial charge in [0, 0.05) is 28.9 Å². The molecule has 0 aromatic heterocycles. The van der Waals surface area contributed by atoms with Gasteiger partial charge >= 0.3 is 0 Å². The predicted molar refractivity (Wildman–Crippen MR) is 117 cm³/mol. The molecule has 0 radical (unpaired) electrons. The Morgan fingerprint density at radius 1 is 1.06 bits per heavy atom. The second-order valence-electron chi connectivity index (χ2n) is 8.58. The summed E-state index contributed by atoms with van der Waals surface area (Å²) < 4.78 is 35.1. The standard InChI is InChI=1S/C25H20F2N2O3/c1-24(2)20-5-3-4-6-22(20)28(15-17-13-18(26)7-9-21(17)27)25(24)12-11-16-14-19(29(30)31)8-10-23(16)32-25/h3-14H,15H2,1-2H3. The highest BCUT2D eigenvalue weighted by molar-refractivity contribution is 5.73. The largest absolute Gasteiger partial charge is 0.463 e. The molecule has 2 aliphatic rings. The molecule has 5 rings (SSSR count). The molecule has 0 aliphatic carbocycles. The fraction of sp³-hybridized carbons (Fsp3) is 0.200. The van der Waals surface area contributed by atoms with Crippen molar-refractivity contribution in [3.05, 3.63) is 105 Å². The van der Waals surface area contributed by atoms with E-state index in [2.05, 4.69) is 0 Å². The molecule has 1 atom stereocenters. The summed E-state index contributed by atoms with van der Waals surface area (Å²) >= 11 is 0. The molecule has 0 fully saturated rings. The number of nitrogens with zero attached hydrogens (tertiary/aromatic N) is 2. The van der Waals surface area contributed by atoms with Crippen LogP contribution in [0.1, 0.15) is 30.5 Å². The average molecular weight is 434 g/mol. The van der Waals surface area contributed by atoms with Gasteiger partial charge in [-0.25, -0.2) is 8.78 Å². The fourth-order valence-corrected chi connectivity index (χ4v) is 4.74. The number of hydrogen-bond donors (Lipinski definition) is 0. The Kier molecular flexibility index (Phi) is 4.34. The number of non-ortho nitro benzene ring substituents is 1. The summed E-state index contributed by atoms with van der Waals surface area (Å²) in [6.45, 7) is 4.15. The van der Waals surface area contributed by atoms with Gasteiger partial charge in [0.15, 0.2) is 0 Å². The number of benzene rings is 3. The summed E-state index contributed by atoms with van der Waals surface area (Å²) in [5.41, 5.74) is 1.03. The molecule has 1 spiro atoms. The van der Waals surface area contributed by atoms with Crippen LogP contribution < -0.4 is 9.64 Å². The molecular formula is C25H20F2N2O3. The van der Waals surface area contributed by atoms with E-state index in [9.17, 15) is 18.9 Å². The van der Waals surface area contributed by atoms with Crippen LogP contribution in [-0.2, 0) is 12.0 Å². The van der Waals surface area contributed by atoms with Crippen LogP contribution in [0.25, 0.3) is 6.08 Å². The summed E-state index contributed by atoms with van der Waals surface area (Å²) in [6.07, 6.45) is 3.66. The molecule has 0 N–H and O–H groups in total. The lowest BCUT2D eigenvalue weighted by Crippen LogP contribution is -2.59. The van der Waals surface area contributed by atoms with Crippen LogP contribution >= 0.6 is 0 Å². The zero-order chi connectivity index (χ0) is 22.7. The lowest BCUT2D eigenvalue weighted by atomic mass is 9.76. The van der Waals surface area contributed by atoms with Gasteiger partial charge in [0.2, 0.25) is 5.72 Å². The monoisotopic (exact) mass is 434 g/mol. The van der Waals surface area contributed by atoms with Gasteiger partial charge in [0.1, 0.15) is 17.4 Å². The zero-order valence-corrected chi connectivity index (χ0v) is 17.5. The first-order valence-corrected chi connectivity index (χ1v) is 10.2. The van der Waals surface area contributed by atoms with Crippen molar-refractivity contribution in [2.24, 2.45) is 0 Å². The Morgan fingerprint density at radius 3 is 2.62 bits per heavy atom. The van der Waals surface area contributed by atoms with Crippen molar-refractivity contribution < 1.29 is 18.4 Å². The molecule has 0 saturated heterocycles. The van der Waals surface area contributed by atoms with Crippen LogP contribution in [0.15, 0.2) is 66.7 Å². The highest BCUT2D eigenvalue weighted by Crippen LogP contribution is 2.55. The molecule has 32 heavy (non-hydrogen) atoms. The molecule has 0 bridgehead atoms. The highest BCUT2D eigenvalue weighted by Gasteiger charge is 2.58. The van der Waals surface area contributed by atoms with E-state index in [0.717, 1.165) is 23.4 Å². The van der Waals surface area contributed by atoms with Gasteiger partial charge in [0.05, 0.1) is 16.9 Å². The first-order valence-electron chi connectivity index (χ1n) is 10.2. The summed E-state index contributed by atoms with van der Waals surface area (Å²) in [4.78, 5) is 12.6. The summed E-state index contributed by atoms with van der Waals surface area (Å²) in [5, 5.41) is 11.2. The third kappa shape index (κ3) is 2.81. The molecule has 0 amide bonds. The molecule has 2 heterocycles. The van der Waals surface area contributed by atoms with E-state index >= 15 is 0 Å². The minimum atomic E-state index is -1.04. The van der Waals surface area contributed by atoms with E-state index in [1.165, 1.54) is 18.2 Å². The van der Waals surface area contributed by atoms with Crippen molar-refractivity contribution >= 4 is 17.5 Å². The van der Waals surface area contributed by atoms with E-state index < -0.39 is 27.7 Å². The number of nitro benzene ring substituents is 1. The number of ether oxygens (including phenoxy) is 1. The van der Waals surface area contributed by atoms with Crippen LogP contribution in [0, 0.1) is 21.7 Å². The average Bonchev–Trinajstić information content (AvgIpc) is 2.94. The number of para-hydroxylation sites is 1. The van der Waals surface area contributed by atoms with Crippen molar-refractivity contribution in [2.45, 2.75) is 31.5 Å². The van der Waals surface area contributed by atoms with E-state index in [0.29, 0.717) is 11.3 Å². The Labute approximate surface area is 183 Å². The highest BCUT2D eigenvalue weighted by atomic mass is 19.1. The van der Waals surface area contributed by atoms with Crippen molar-refractivity contribution in [3.8, 4) is 5.75 Å². The molecular weight excluding hydrogens is 414 g/mol. The quantitative estimate of drug-likeness (QED) is 0.376. The van der Waals surface area contributed by atoms with Gasteiger partial charge in [-0.2, -0.15) is 0 Å². The maximum Gasteiger partial charge on any atom is 0.270 e. The third-order valence-electron chi connectivity index (χ3n) is 6.46. The second kappa shape index (κ2) is 6.88. The Bertz CT molecular complexity index is 1290. The summed E-state index contributed by atoms with van der Waals surface area (Å²) in [6, 6.07) is 15.6. The molecule has 1 unspecified atom stereocenters. The molecule has 162 valence electrons. The van der Waals surface area contributed by atoms with E-state index in [-0.39, 0.29) is 17.8 Å². The van der Waals surface area contributed by atoms with Crippen LogP contribution in [-0.4, -0.2) is 10.6 Å². The number of anilines is 1. The van der Waals surface area contributed by atoms with Crippen molar-refractivity contribution in [1.29, 1.82) is 0 Å². The molecule has 0 saturated carbocycles. The molecule has 3 aromatic rings. The van der Waals surface area contributed by atoms with Gasteiger partial charge in [-0.15, -0.1) is 0 Å². The van der Waals surface area contributed by atoms with E-state index in [1.807, 2.05) is 49.1 Å². The van der Waals surface area contributed by atoms with Crippen molar-refractivity contribution in [1.82, 2.24) is 0 Å². The van der Waals surface area contributed by atoms with Gasteiger partial charge in [-0.1, -0.05) is 18.2 Å². The molecule has 5 nitrogen and oxygen atoms in total. The topological polar surface area (TPSA) is 55.6 Å². The van der Waals surface area contributed by atoms with E-state index in [1.54, 1.807) is 12.1 Å². The Morgan fingerprint density at radius 2 is 1.84 bits per heavy atom. The van der Waals surface area contributed by atoms with Crippen LogP contribution in [0.3, 0.4) is 0 Å². The molecule has 3 aromatic carbocycles. The molecule has 2 aliphatic heterocycles. The smallest absolute Gasteiger partial charge is 0.270 e. The third-order valence-corrected chi connectivity index (χ3v) is 6.46. The minimum Gasteiger partial charge on any atom is -0.463 e. The number of hydrogen-bond acceptors (Lipinski definition) is 4. The summed E-state index contributed by atoms with van der Waals surface area (Å²) in [5.74, 6) is -0.525. The number of fused-ring (bicyclic) bond motifs is 2. The van der Waals surface area contributed by atoms with Crippen molar-refractivity contribution in [3.63, 3.8) is 0 Å². The van der Waals surface area contributed by atoms with Crippen molar-refractivity contribution in [2.75, 3.05) is 4.90 Å². The van der Waals surface area contributed by atoms with Gasteiger partial charge < -0.3 is 9.64 Å². The minimum absolute atomic E-state index is 0.0272. The van der Waals surface area contributed by atoms with Gasteiger partial charge in [-0.3, -0.25) is 10.1 Å². The number of rotatable bonds is 3. The number of nitro groups is 1. The van der Waals surface area contributed by atoms with E-state index in [4.69, 9.17) is 4.74 Å². The normalized spacial score (nSPS) is 20.1. The lowest BCUT2D eigenvalue weighted by Gasteiger charge is -2.47. The van der Waals surface area contributed by atoms with Crippen LogP contribution in [0.2, 0.25) is 0 Å². The Hall–Kier alpha value is -3.74. The number of halogens is 2. The maximum absolute atomic E-state index is 14.6. The first-order chi connectivity index (χ1) is 15.2. The second-order valence-corrected chi connectivity index (χ2v) is 8.58. The first kappa shape index (κ1) is 20.2. The predicted octanol–water partition coefficient (Wildman–Crippen LogP) is 5.97. The zero-order valence-electron chi connectivity index (χ0n) is 17.5. The van der Waals surface area contributed by atoms with Gasteiger partial charge in [-0.05, 0) is 61.9 Å². The molecule has 7 heteroatoms. The lowest BCUT2D eigenvalue weighted by molar-refractivity contribution is -0.384. The SMILES string of the molecule is CC1(C)c2ccccc2N(Cc2cc(F)ccc2F)C12C=Cc1cc([N+](=O)[O-])ccc1O2. The van der Waals surface area contributed by atoms with Crippen LogP contribution in [0.5, 0.6) is 5.75 Å². The Balaban J connectivity index is 1.66. The fourth-order valence-electron chi connectivity index (χ4n) is 4.74. The van der Waals surface area contributed by atoms with Gasteiger partial charge in [0.25, 0.3) is 5.69 Å². The maximum atomic E-state index is 14.6. The summed E-state index contributed by atoms with van der Waals surface area (Å²) in [7, 11) is 0.